The summed E-state index contributed by atoms with van der Waals surface area (Å²) in [5.74, 6) is -1.51. The lowest BCUT2D eigenvalue weighted by Gasteiger charge is -2.23. The van der Waals surface area contributed by atoms with Gasteiger partial charge in [-0.1, -0.05) is 13.0 Å². The Morgan fingerprint density at radius 2 is 2.09 bits per heavy atom. The number of hydrogen-bond acceptors (Lipinski definition) is 5. The zero-order valence-electron chi connectivity index (χ0n) is 18.1. The van der Waals surface area contributed by atoms with Gasteiger partial charge in [-0.15, -0.1) is 0 Å². The predicted molar refractivity (Wildman–Crippen MR) is 120 cm³/mol. The highest BCUT2D eigenvalue weighted by Crippen LogP contribution is 2.33. The lowest BCUT2D eigenvalue weighted by molar-refractivity contribution is -0.119. The van der Waals surface area contributed by atoms with Crippen molar-refractivity contribution >= 4 is 28.7 Å². The number of carbonyl (C=O) groups excluding carboxylic acids is 1. The summed E-state index contributed by atoms with van der Waals surface area (Å²) in [5, 5.41) is 7.19. The largest absolute Gasteiger partial charge is 0.356 e. The SMILES string of the molecule is CCCn1c(Cl)nc2nc(-c3cnn(C(c4ccc(F)cc4F)C4CNC(=O)C4)c3)[nH]c2c1=O. The van der Waals surface area contributed by atoms with Crippen LogP contribution in [-0.4, -0.2) is 41.8 Å². The highest BCUT2D eigenvalue weighted by atomic mass is 35.5. The van der Waals surface area contributed by atoms with E-state index >= 15 is 0 Å². The molecular weight excluding hydrogens is 468 g/mol. The van der Waals surface area contributed by atoms with Crippen LogP contribution in [0.15, 0.2) is 35.4 Å². The molecule has 1 amide bonds. The van der Waals surface area contributed by atoms with Crippen LogP contribution in [0.25, 0.3) is 22.6 Å². The maximum Gasteiger partial charge on any atom is 0.280 e. The second-order valence-corrected chi connectivity index (χ2v) is 8.55. The zero-order valence-corrected chi connectivity index (χ0v) is 18.8. The quantitative estimate of drug-likeness (QED) is 0.406. The van der Waals surface area contributed by atoms with E-state index in [1.54, 1.807) is 6.20 Å². The molecule has 9 nitrogen and oxygen atoms in total. The third-order valence-electron chi connectivity index (χ3n) is 5.91. The predicted octanol–water partition coefficient (Wildman–Crippen LogP) is 3.05. The van der Waals surface area contributed by atoms with Crippen LogP contribution in [0.5, 0.6) is 0 Å². The molecule has 0 radical (unpaired) electrons. The summed E-state index contributed by atoms with van der Waals surface area (Å²) in [6.07, 6.45) is 4.05. The minimum Gasteiger partial charge on any atom is -0.356 e. The third-order valence-corrected chi connectivity index (χ3v) is 6.20. The molecule has 2 atom stereocenters. The van der Waals surface area contributed by atoms with Crippen LogP contribution in [-0.2, 0) is 11.3 Å². The highest BCUT2D eigenvalue weighted by Gasteiger charge is 2.34. The average Bonchev–Trinajstić information content (AvgIpc) is 3.53. The topological polar surface area (TPSA) is 110 Å². The number of carbonyl (C=O) groups is 1. The molecule has 176 valence electrons. The van der Waals surface area contributed by atoms with Crippen LogP contribution in [0.3, 0.4) is 0 Å². The molecule has 2 unspecified atom stereocenters. The molecule has 0 aliphatic carbocycles. The molecule has 1 aromatic carbocycles. The van der Waals surface area contributed by atoms with Crippen molar-refractivity contribution in [2.45, 2.75) is 32.4 Å². The van der Waals surface area contributed by atoms with Gasteiger partial charge < -0.3 is 10.3 Å². The van der Waals surface area contributed by atoms with Crippen LogP contribution < -0.4 is 10.9 Å². The molecule has 5 rings (SSSR count). The van der Waals surface area contributed by atoms with Crippen molar-refractivity contribution in [2.24, 2.45) is 5.92 Å². The van der Waals surface area contributed by atoms with E-state index < -0.39 is 17.7 Å². The number of hydrogen-bond donors (Lipinski definition) is 2. The Morgan fingerprint density at radius 3 is 2.79 bits per heavy atom. The number of aromatic amines is 1. The molecule has 0 saturated carbocycles. The molecule has 1 fully saturated rings. The molecule has 1 aliphatic rings. The summed E-state index contributed by atoms with van der Waals surface area (Å²) in [4.78, 5) is 36.2. The van der Waals surface area contributed by atoms with Gasteiger partial charge in [0, 0.05) is 43.3 Å². The van der Waals surface area contributed by atoms with Crippen LogP contribution in [0.4, 0.5) is 8.78 Å². The van der Waals surface area contributed by atoms with Crippen molar-refractivity contribution in [3.8, 4) is 11.4 Å². The lowest BCUT2D eigenvalue weighted by atomic mass is 9.91. The maximum atomic E-state index is 14.7. The summed E-state index contributed by atoms with van der Waals surface area (Å²) in [5.41, 5.74) is 0.812. The van der Waals surface area contributed by atoms with Gasteiger partial charge in [-0.2, -0.15) is 10.1 Å². The normalized spacial score (nSPS) is 16.8. The first kappa shape index (κ1) is 22.2. The van der Waals surface area contributed by atoms with Gasteiger partial charge in [-0.3, -0.25) is 18.8 Å². The summed E-state index contributed by atoms with van der Waals surface area (Å²) in [6, 6.07) is 2.69. The van der Waals surface area contributed by atoms with Crippen LogP contribution in [0, 0.1) is 17.6 Å². The smallest absolute Gasteiger partial charge is 0.280 e. The molecule has 3 aromatic heterocycles. The number of nitrogens with one attached hydrogen (secondary N) is 2. The Bertz CT molecular complexity index is 1460. The molecule has 2 N–H and O–H groups in total. The molecule has 0 spiro atoms. The van der Waals surface area contributed by atoms with Gasteiger partial charge in [0.05, 0.1) is 17.8 Å². The maximum absolute atomic E-state index is 14.7. The number of imidazole rings is 1. The van der Waals surface area contributed by atoms with Gasteiger partial charge in [0.15, 0.2) is 11.2 Å². The molecular formula is C22H20ClF2N7O2. The van der Waals surface area contributed by atoms with E-state index in [4.69, 9.17) is 11.6 Å². The Balaban J connectivity index is 1.57. The van der Waals surface area contributed by atoms with Crippen LogP contribution in [0.1, 0.15) is 31.4 Å². The van der Waals surface area contributed by atoms with Gasteiger partial charge in [0.2, 0.25) is 11.2 Å². The summed E-state index contributed by atoms with van der Waals surface area (Å²) in [7, 11) is 0. The first-order valence-electron chi connectivity index (χ1n) is 10.8. The van der Waals surface area contributed by atoms with Crippen molar-refractivity contribution in [3.05, 3.63) is 63.4 Å². The fraction of sp³-hybridized carbons (Fsp3) is 0.318. The Kier molecular flexibility index (Phi) is 5.64. The molecule has 0 bridgehead atoms. The van der Waals surface area contributed by atoms with E-state index in [1.165, 1.54) is 27.6 Å². The average molecular weight is 488 g/mol. The standard InChI is InChI=1S/C22H20ClF2N7O2/c1-2-5-31-21(34)17-20(30-22(31)23)29-19(28-17)12-9-27-32(10-12)18(11-6-16(33)26-8-11)14-4-3-13(24)7-15(14)25/h3-4,7,9-11,18H,2,5-6,8H2,1H3,(H,26,33)(H,28,29). The summed E-state index contributed by atoms with van der Waals surface area (Å²) < 4.78 is 31.2. The second-order valence-electron chi connectivity index (χ2n) is 8.21. The minimum atomic E-state index is -0.722. The number of rotatable bonds is 6. The van der Waals surface area contributed by atoms with Gasteiger partial charge in [0.1, 0.15) is 17.5 Å². The van der Waals surface area contributed by atoms with Crippen molar-refractivity contribution in [1.82, 2.24) is 34.6 Å². The molecule has 12 heteroatoms. The van der Waals surface area contributed by atoms with E-state index in [9.17, 15) is 18.4 Å². The van der Waals surface area contributed by atoms with Gasteiger partial charge in [-0.05, 0) is 24.1 Å². The number of benzene rings is 1. The van der Waals surface area contributed by atoms with E-state index in [-0.39, 0.29) is 45.8 Å². The fourth-order valence-electron chi connectivity index (χ4n) is 4.33. The van der Waals surface area contributed by atoms with Gasteiger partial charge in [0.25, 0.3) is 5.56 Å². The van der Waals surface area contributed by atoms with Gasteiger partial charge in [-0.25, -0.2) is 13.8 Å². The Morgan fingerprint density at radius 1 is 1.26 bits per heavy atom. The van der Waals surface area contributed by atoms with Crippen LogP contribution in [0.2, 0.25) is 5.28 Å². The Hall–Kier alpha value is -3.60. The molecule has 4 heterocycles. The summed E-state index contributed by atoms with van der Waals surface area (Å²) >= 11 is 6.15. The van der Waals surface area contributed by atoms with Crippen molar-refractivity contribution < 1.29 is 13.6 Å². The van der Waals surface area contributed by atoms with Gasteiger partial charge >= 0.3 is 0 Å². The molecule has 34 heavy (non-hydrogen) atoms. The van der Waals surface area contributed by atoms with E-state index in [1.807, 2.05) is 6.92 Å². The zero-order chi connectivity index (χ0) is 24.0. The minimum absolute atomic E-state index is 0.0540. The van der Waals surface area contributed by atoms with Crippen molar-refractivity contribution in [1.29, 1.82) is 0 Å². The second kappa shape index (κ2) is 8.64. The first-order chi connectivity index (χ1) is 16.4. The number of H-pyrrole nitrogens is 1. The summed E-state index contributed by atoms with van der Waals surface area (Å²) in [6.45, 7) is 2.68. The van der Waals surface area contributed by atoms with Crippen molar-refractivity contribution in [3.63, 3.8) is 0 Å². The van der Waals surface area contributed by atoms with Crippen LogP contribution >= 0.6 is 11.6 Å². The van der Waals surface area contributed by atoms with E-state index in [0.29, 0.717) is 30.9 Å². The number of fused-ring (bicyclic) bond motifs is 1. The van der Waals surface area contributed by atoms with E-state index in [0.717, 1.165) is 6.07 Å². The fourth-order valence-corrected chi connectivity index (χ4v) is 4.57. The van der Waals surface area contributed by atoms with E-state index in [2.05, 4.69) is 25.4 Å². The first-order valence-corrected chi connectivity index (χ1v) is 11.2. The molecule has 1 aliphatic heterocycles. The number of halogens is 3. The number of aromatic nitrogens is 6. The molecule has 1 saturated heterocycles. The number of amides is 1. The number of nitrogens with zero attached hydrogens (tertiary/aromatic N) is 5. The lowest BCUT2D eigenvalue weighted by Crippen LogP contribution is -2.24. The third kappa shape index (κ3) is 3.85. The van der Waals surface area contributed by atoms with Crippen molar-refractivity contribution in [2.75, 3.05) is 6.54 Å². The Labute approximate surface area is 196 Å². The monoisotopic (exact) mass is 487 g/mol. The highest BCUT2D eigenvalue weighted by molar-refractivity contribution is 6.28. The molecule has 4 aromatic rings.